The number of benzene rings is 1. The Bertz CT molecular complexity index is 915. The van der Waals surface area contributed by atoms with E-state index in [9.17, 15) is 9.59 Å². The molecule has 26 heavy (non-hydrogen) atoms. The highest BCUT2D eigenvalue weighted by atomic mass is 32.1. The minimum Gasteiger partial charge on any atom is -0.455 e. The van der Waals surface area contributed by atoms with Crippen molar-refractivity contribution in [2.24, 2.45) is 7.05 Å². The minimum atomic E-state index is -0.454. The van der Waals surface area contributed by atoms with Crippen LogP contribution in [0.3, 0.4) is 0 Å². The maximum Gasteiger partial charge on any atom is 0.341 e. The first-order valence-electron chi connectivity index (χ1n) is 7.95. The lowest BCUT2D eigenvalue weighted by Gasteiger charge is -2.04. The quantitative estimate of drug-likeness (QED) is 0.674. The van der Waals surface area contributed by atoms with E-state index in [1.165, 1.54) is 22.2 Å². The van der Waals surface area contributed by atoms with Crippen molar-refractivity contribution in [2.75, 3.05) is 5.32 Å². The van der Waals surface area contributed by atoms with Gasteiger partial charge in [0.05, 0.1) is 23.9 Å². The summed E-state index contributed by atoms with van der Waals surface area (Å²) in [5.74, 6) is -0.591. The Labute approximate surface area is 154 Å². The van der Waals surface area contributed by atoms with Crippen LogP contribution in [0.25, 0.3) is 0 Å². The van der Waals surface area contributed by atoms with Gasteiger partial charge in [-0.1, -0.05) is 17.7 Å². The predicted octanol–water partition coefficient (Wildman–Crippen LogP) is 2.72. The summed E-state index contributed by atoms with van der Waals surface area (Å²) >= 11 is 1.36. The number of hydrogen-bond donors (Lipinski definition) is 1. The fourth-order valence-electron chi connectivity index (χ4n) is 2.23. The molecule has 7 nitrogen and oxygen atoms in total. The molecule has 3 rings (SSSR count). The second kappa shape index (κ2) is 7.92. The molecule has 1 amide bonds. The molecule has 0 bridgehead atoms. The maximum atomic E-state index is 12.1. The Kier molecular flexibility index (Phi) is 5.43. The number of carbonyl (C=O) groups excluding carboxylic acids is 2. The number of aromatic nitrogens is 3. The number of amides is 1. The van der Waals surface area contributed by atoms with E-state index in [1.807, 2.05) is 31.2 Å². The second-order valence-electron chi connectivity index (χ2n) is 5.80. The number of esters is 1. The number of rotatable bonds is 6. The van der Waals surface area contributed by atoms with Gasteiger partial charge in [0.2, 0.25) is 5.91 Å². The standard InChI is InChI=1S/C18H18N4O3S/c1-12-3-5-14(6-4-12)20-16(23)7-17-21-15(11-26-17)10-25-18(24)13-8-19-22(2)9-13/h3-6,8-9,11H,7,10H2,1-2H3,(H,20,23). The molecule has 0 atom stereocenters. The first kappa shape index (κ1) is 17.8. The van der Waals surface area contributed by atoms with Gasteiger partial charge in [0.1, 0.15) is 11.6 Å². The smallest absolute Gasteiger partial charge is 0.341 e. The van der Waals surface area contributed by atoms with Crippen LogP contribution >= 0.6 is 11.3 Å². The molecule has 0 fully saturated rings. The molecular formula is C18H18N4O3S. The molecule has 2 heterocycles. The van der Waals surface area contributed by atoms with Gasteiger partial charge >= 0.3 is 5.97 Å². The van der Waals surface area contributed by atoms with Gasteiger partial charge in [0.25, 0.3) is 0 Å². The molecule has 0 saturated heterocycles. The van der Waals surface area contributed by atoms with E-state index in [0.29, 0.717) is 16.3 Å². The van der Waals surface area contributed by atoms with E-state index in [4.69, 9.17) is 4.74 Å². The van der Waals surface area contributed by atoms with E-state index >= 15 is 0 Å². The van der Waals surface area contributed by atoms with Gasteiger partial charge in [0, 0.05) is 24.3 Å². The van der Waals surface area contributed by atoms with Crippen molar-refractivity contribution in [2.45, 2.75) is 20.0 Å². The van der Waals surface area contributed by atoms with Gasteiger partial charge in [-0.2, -0.15) is 5.10 Å². The summed E-state index contributed by atoms with van der Waals surface area (Å²) < 4.78 is 6.74. The second-order valence-corrected chi connectivity index (χ2v) is 6.75. The van der Waals surface area contributed by atoms with Gasteiger partial charge in [-0.05, 0) is 19.1 Å². The normalized spacial score (nSPS) is 10.5. The van der Waals surface area contributed by atoms with Crippen molar-refractivity contribution in [1.29, 1.82) is 0 Å². The van der Waals surface area contributed by atoms with Crippen LogP contribution in [-0.4, -0.2) is 26.6 Å². The zero-order valence-corrected chi connectivity index (χ0v) is 15.2. The van der Waals surface area contributed by atoms with Gasteiger partial charge in [-0.15, -0.1) is 11.3 Å². The Hall–Kier alpha value is -3.00. The number of nitrogens with zero attached hydrogens (tertiary/aromatic N) is 3. The average Bonchev–Trinajstić information content (AvgIpc) is 3.24. The van der Waals surface area contributed by atoms with E-state index in [-0.39, 0.29) is 18.9 Å². The number of ether oxygens (including phenoxy) is 1. The lowest BCUT2D eigenvalue weighted by molar-refractivity contribution is -0.115. The number of hydrogen-bond acceptors (Lipinski definition) is 6. The highest BCUT2D eigenvalue weighted by molar-refractivity contribution is 7.09. The van der Waals surface area contributed by atoms with Crippen LogP contribution in [0.4, 0.5) is 5.69 Å². The predicted molar refractivity (Wildman–Crippen MR) is 98.0 cm³/mol. The van der Waals surface area contributed by atoms with Gasteiger partial charge in [0.15, 0.2) is 0 Å². The van der Waals surface area contributed by atoms with Crippen LogP contribution in [0.2, 0.25) is 0 Å². The van der Waals surface area contributed by atoms with E-state index in [0.717, 1.165) is 11.3 Å². The van der Waals surface area contributed by atoms with Crippen LogP contribution in [0.1, 0.15) is 26.6 Å². The number of anilines is 1. The molecular weight excluding hydrogens is 352 g/mol. The third kappa shape index (κ3) is 4.76. The molecule has 0 spiro atoms. The van der Waals surface area contributed by atoms with Gasteiger partial charge in [-0.3, -0.25) is 9.48 Å². The summed E-state index contributed by atoms with van der Waals surface area (Å²) in [5, 5.41) is 9.21. The molecule has 2 aromatic heterocycles. The zero-order chi connectivity index (χ0) is 18.5. The summed E-state index contributed by atoms with van der Waals surface area (Å²) in [6, 6.07) is 7.60. The first-order valence-corrected chi connectivity index (χ1v) is 8.83. The van der Waals surface area contributed by atoms with Crippen molar-refractivity contribution >= 4 is 28.9 Å². The molecule has 3 aromatic rings. The topological polar surface area (TPSA) is 86.1 Å². The highest BCUT2D eigenvalue weighted by Gasteiger charge is 2.12. The fourth-order valence-corrected chi connectivity index (χ4v) is 3.00. The number of thiazole rings is 1. The number of nitrogens with one attached hydrogen (secondary N) is 1. The minimum absolute atomic E-state index is 0.0593. The molecule has 8 heteroatoms. The first-order chi connectivity index (χ1) is 12.5. The molecule has 0 radical (unpaired) electrons. The molecule has 0 aliphatic heterocycles. The molecule has 0 unspecified atom stereocenters. The van der Waals surface area contributed by atoms with Crippen LogP contribution < -0.4 is 5.32 Å². The number of aryl methyl sites for hydroxylation is 2. The van der Waals surface area contributed by atoms with Gasteiger partial charge < -0.3 is 10.1 Å². The van der Waals surface area contributed by atoms with E-state index < -0.39 is 5.97 Å². The van der Waals surface area contributed by atoms with E-state index in [1.54, 1.807) is 18.6 Å². The van der Waals surface area contributed by atoms with E-state index in [2.05, 4.69) is 15.4 Å². The highest BCUT2D eigenvalue weighted by Crippen LogP contribution is 2.14. The van der Waals surface area contributed by atoms with Crippen LogP contribution in [-0.2, 0) is 29.6 Å². The Balaban J connectivity index is 1.50. The Morgan fingerprint density at radius 3 is 2.73 bits per heavy atom. The third-order valence-corrected chi connectivity index (χ3v) is 4.44. The average molecular weight is 370 g/mol. The van der Waals surface area contributed by atoms with Crippen molar-refractivity contribution in [3.05, 3.63) is 63.9 Å². The zero-order valence-electron chi connectivity index (χ0n) is 14.4. The number of carbonyl (C=O) groups is 2. The third-order valence-electron chi connectivity index (χ3n) is 3.54. The Morgan fingerprint density at radius 2 is 2.04 bits per heavy atom. The summed E-state index contributed by atoms with van der Waals surface area (Å²) in [7, 11) is 1.73. The fraction of sp³-hybridized carbons (Fsp3) is 0.222. The molecule has 1 N–H and O–H groups in total. The lowest BCUT2D eigenvalue weighted by atomic mass is 10.2. The Morgan fingerprint density at radius 1 is 1.27 bits per heavy atom. The molecule has 0 aliphatic carbocycles. The summed E-state index contributed by atoms with van der Waals surface area (Å²) in [6.45, 7) is 2.05. The largest absolute Gasteiger partial charge is 0.455 e. The molecule has 0 saturated carbocycles. The summed E-state index contributed by atoms with van der Waals surface area (Å²) in [5.41, 5.74) is 2.89. The van der Waals surface area contributed by atoms with Crippen molar-refractivity contribution in [1.82, 2.24) is 14.8 Å². The monoisotopic (exact) mass is 370 g/mol. The molecule has 0 aliphatic rings. The molecule has 1 aromatic carbocycles. The summed E-state index contributed by atoms with van der Waals surface area (Å²) in [4.78, 5) is 28.3. The van der Waals surface area contributed by atoms with Crippen LogP contribution in [0, 0.1) is 6.92 Å². The van der Waals surface area contributed by atoms with Crippen LogP contribution in [0.5, 0.6) is 0 Å². The summed E-state index contributed by atoms with van der Waals surface area (Å²) in [6.07, 6.45) is 3.21. The van der Waals surface area contributed by atoms with Gasteiger partial charge in [-0.25, -0.2) is 9.78 Å². The maximum absolute atomic E-state index is 12.1. The van der Waals surface area contributed by atoms with Crippen molar-refractivity contribution in [3.8, 4) is 0 Å². The van der Waals surface area contributed by atoms with Crippen LogP contribution in [0.15, 0.2) is 42.0 Å². The lowest BCUT2D eigenvalue weighted by Crippen LogP contribution is -2.14. The van der Waals surface area contributed by atoms with Crippen molar-refractivity contribution < 1.29 is 14.3 Å². The molecule has 134 valence electrons. The van der Waals surface area contributed by atoms with Crippen molar-refractivity contribution in [3.63, 3.8) is 0 Å². The SMILES string of the molecule is Cc1ccc(NC(=O)Cc2nc(COC(=O)c3cnn(C)c3)cs2)cc1.